The molecule has 0 bridgehead atoms. The molecule has 1 heterocycles. The maximum absolute atomic E-state index is 11.6. The summed E-state index contributed by atoms with van der Waals surface area (Å²) in [4.78, 5) is 45.0. The fourth-order valence-electron chi connectivity index (χ4n) is 1.55. The largest absolute Gasteiger partial charge is 0.813 e. The summed E-state index contributed by atoms with van der Waals surface area (Å²) < 4.78 is 0. The number of hydrogen-bond acceptors (Lipinski definition) is 7. The zero-order valence-electron chi connectivity index (χ0n) is 11.4. The maximum Gasteiger partial charge on any atom is 0.221 e. The molecule has 2 unspecified atom stereocenters. The van der Waals surface area contributed by atoms with Crippen molar-refractivity contribution in [3.63, 3.8) is 0 Å². The second-order valence-electron chi connectivity index (χ2n) is 4.24. The number of Topliss-reactive ketones (excluding diaryl/α,β-unsaturated/α-hetero) is 1. The van der Waals surface area contributed by atoms with Crippen LogP contribution in [0.5, 0.6) is 0 Å². The number of thiol groups is 1. The molecule has 0 saturated carbocycles. The van der Waals surface area contributed by atoms with Gasteiger partial charge in [0.2, 0.25) is 11.8 Å². The smallest absolute Gasteiger partial charge is 0.221 e. The molecular formula is C11H18N4O4SY-2. The van der Waals surface area contributed by atoms with Gasteiger partial charge in [0.25, 0.3) is 0 Å². The SMILES string of the molecule is NC1CCC(=O)NCNC(=O)CC([C-]=O)NCC1=O.[SH-].[Y]. The predicted molar refractivity (Wildman–Crippen MR) is 74.2 cm³/mol. The second kappa shape index (κ2) is 12.2. The number of nitrogens with one attached hydrogen (secondary N) is 3. The normalized spacial score (nSPS) is 24.7. The summed E-state index contributed by atoms with van der Waals surface area (Å²) in [6, 6.07) is -1.64. The predicted octanol–water partition coefficient (Wildman–Crippen LogP) is -2.95. The molecule has 0 aromatic carbocycles. The van der Waals surface area contributed by atoms with Gasteiger partial charge in [0, 0.05) is 45.6 Å². The van der Waals surface area contributed by atoms with Crippen LogP contribution in [0.3, 0.4) is 0 Å². The fraction of sp³-hybridized carbons (Fsp3) is 0.636. The Morgan fingerprint density at radius 2 is 1.76 bits per heavy atom. The van der Waals surface area contributed by atoms with Gasteiger partial charge in [-0.1, -0.05) is 6.04 Å². The summed E-state index contributed by atoms with van der Waals surface area (Å²) >= 11 is 0. The van der Waals surface area contributed by atoms with E-state index < -0.39 is 18.0 Å². The van der Waals surface area contributed by atoms with Crippen molar-refractivity contribution < 1.29 is 51.9 Å². The van der Waals surface area contributed by atoms with Crippen LogP contribution in [0.15, 0.2) is 0 Å². The Morgan fingerprint density at radius 3 is 2.38 bits per heavy atom. The van der Waals surface area contributed by atoms with Crippen LogP contribution < -0.4 is 21.7 Å². The average Bonchev–Trinajstić information content (AvgIpc) is 2.40. The molecule has 0 spiro atoms. The molecule has 8 nitrogen and oxygen atoms in total. The van der Waals surface area contributed by atoms with Gasteiger partial charge >= 0.3 is 0 Å². The van der Waals surface area contributed by atoms with Crippen LogP contribution in [0.1, 0.15) is 19.3 Å². The van der Waals surface area contributed by atoms with Gasteiger partial charge in [-0.15, -0.1) is 0 Å². The number of carbonyl (C=O) groups excluding carboxylic acids is 4. The van der Waals surface area contributed by atoms with Crippen molar-refractivity contribution in [2.45, 2.75) is 31.3 Å². The molecule has 1 rings (SSSR count). The van der Waals surface area contributed by atoms with Crippen molar-refractivity contribution >= 4 is 37.4 Å². The van der Waals surface area contributed by atoms with Crippen LogP contribution in [0.2, 0.25) is 0 Å². The monoisotopic (exact) mass is 391 g/mol. The summed E-state index contributed by atoms with van der Waals surface area (Å²) in [5, 5.41) is 7.51. The average molecular weight is 391 g/mol. The summed E-state index contributed by atoms with van der Waals surface area (Å²) in [6.45, 7) is -0.150. The van der Waals surface area contributed by atoms with Gasteiger partial charge < -0.3 is 40.0 Å². The van der Waals surface area contributed by atoms with E-state index in [0.29, 0.717) is 0 Å². The summed E-state index contributed by atoms with van der Waals surface area (Å²) in [6.07, 6.45) is 1.81. The molecule has 2 atom stereocenters. The van der Waals surface area contributed by atoms with Crippen molar-refractivity contribution in [3.8, 4) is 0 Å². The summed E-state index contributed by atoms with van der Waals surface area (Å²) in [5.41, 5.74) is 5.62. The van der Waals surface area contributed by atoms with E-state index in [-0.39, 0.29) is 90.4 Å². The molecule has 1 fully saturated rings. The fourth-order valence-corrected chi connectivity index (χ4v) is 1.55. The number of hydrogen-bond donors (Lipinski definition) is 4. The van der Waals surface area contributed by atoms with Gasteiger partial charge in [0.05, 0.1) is 19.3 Å². The van der Waals surface area contributed by atoms with E-state index in [9.17, 15) is 19.2 Å². The molecule has 1 radical (unpaired) electrons. The van der Waals surface area contributed by atoms with Crippen LogP contribution in [-0.4, -0.2) is 49.2 Å². The van der Waals surface area contributed by atoms with E-state index in [0.717, 1.165) is 0 Å². The van der Waals surface area contributed by atoms with Crippen LogP contribution in [-0.2, 0) is 65.4 Å². The third-order valence-electron chi connectivity index (χ3n) is 2.72. The first kappa shape index (κ1) is 22.9. The molecule has 1 saturated heterocycles. The van der Waals surface area contributed by atoms with Gasteiger partial charge in [0.15, 0.2) is 5.78 Å². The van der Waals surface area contributed by atoms with E-state index in [1.807, 2.05) is 0 Å². The third kappa shape index (κ3) is 9.31. The Hall–Kier alpha value is -0.346. The molecule has 10 heteroatoms. The molecule has 0 aromatic rings. The van der Waals surface area contributed by atoms with Crippen molar-refractivity contribution in [1.82, 2.24) is 16.0 Å². The van der Waals surface area contributed by atoms with E-state index in [1.165, 1.54) is 0 Å². The molecule has 2 amide bonds. The standard InChI is InChI=1S/C11H17N4O4.H2S.Y/c12-8-1-2-10(18)14-6-15-11(19)3-7(5-16)13-4-9(8)17;;/h7-8,13H,1-4,6,12H2,(H,14,18)(H,15,19);1H2;/q-1;;/p-1. The Morgan fingerprint density at radius 1 is 1.14 bits per heavy atom. The Bertz CT molecular complexity index is 383. The first-order chi connectivity index (χ1) is 9.02. The minimum absolute atomic E-state index is 0. The van der Waals surface area contributed by atoms with E-state index >= 15 is 0 Å². The Kier molecular flexibility index (Phi) is 13.3. The maximum atomic E-state index is 11.6. The minimum atomic E-state index is -0.868. The molecule has 0 aromatic heterocycles. The van der Waals surface area contributed by atoms with E-state index in [1.54, 1.807) is 6.29 Å². The zero-order valence-corrected chi connectivity index (χ0v) is 15.2. The molecule has 1 aliphatic rings. The van der Waals surface area contributed by atoms with Gasteiger partial charge in [-0.2, -0.15) is 0 Å². The number of nitrogens with two attached hydrogens (primary N) is 1. The van der Waals surface area contributed by atoms with E-state index in [4.69, 9.17) is 5.73 Å². The number of ketones is 1. The van der Waals surface area contributed by atoms with Crippen molar-refractivity contribution in [2.24, 2.45) is 5.73 Å². The first-order valence-electron chi connectivity index (χ1n) is 5.95. The van der Waals surface area contributed by atoms with Gasteiger partial charge in [-0.05, 0) is 6.42 Å². The number of amides is 2. The topological polar surface area (TPSA) is 130 Å². The van der Waals surface area contributed by atoms with Gasteiger partial charge in [-0.25, -0.2) is 6.29 Å². The van der Waals surface area contributed by atoms with Crippen LogP contribution >= 0.6 is 0 Å². The first-order valence-corrected chi connectivity index (χ1v) is 5.95. The Labute approximate surface area is 155 Å². The van der Waals surface area contributed by atoms with Crippen molar-refractivity contribution in [1.29, 1.82) is 0 Å². The molecule has 5 N–H and O–H groups in total. The van der Waals surface area contributed by atoms with Crippen molar-refractivity contribution in [3.05, 3.63) is 0 Å². The molecular weight excluding hydrogens is 373 g/mol. The number of carbonyl (C=O) groups is 3. The quantitative estimate of drug-likeness (QED) is 0.214. The minimum Gasteiger partial charge on any atom is -0.813 e. The van der Waals surface area contributed by atoms with E-state index in [2.05, 4.69) is 16.0 Å². The number of rotatable bonds is 1. The van der Waals surface area contributed by atoms with Gasteiger partial charge in [0.1, 0.15) is 0 Å². The van der Waals surface area contributed by atoms with Crippen molar-refractivity contribution in [2.75, 3.05) is 13.2 Å². The van der Waals surface area contributed by atoms with Crippen LogP contribution in [0, 0.1) is 0 Å². The molecule has 21 heavy (non-hydrogen) atoms. The van der Waals surface area contributed by atoms with Gasteiger partial charge in [-0.3, -0.25) is 14.4 Å². The third-order valence-corrected chi connectivity index (χ3v) is 2.72. The summed E-state index contributed by atoms with van der Waals surface area (Å²) in [5.74, 6) is -1.03. The molecule has 0 aliphatic carbocycles. The van der Waals surface area contributed by atoms with Crippen LogP contribution in [0.25, 0.3) is 0 Å². The zero-order chi connectivity index (χ0) is 14.3. The second-order valence-corrected chi connectivity index (χ2v) is 4.24. The molecule has 117 valence electrons. The Balaban J connectivity index is 0. The molecule has 1 aliphatic heterocycles. The summed E-state index contributed by atoms with van der Waals surface area (Å²) in [7, 11) is 0. The van der Waals surface area contributed by atoms with Crippen LogP contribution in [0.4, 0.5) is 0 Å².